The first-order chi connectivity index (χ1) is 6.75. The van der Waals surface area contributed by atoms with Gasteiger partial charge in [-0.2, -0.15) is 5.10 Å². The normalized spacial score (nSPS) is 11.6. The monoisotopic (exact) mass is 190 g/mol. The zero-order chi connectivity index (χ0) is 9.71. The van der Waals surface area contributed by atoms with E-state index in [9.17, 15) is 0 Å². The number of nitrogens with zero attached hydrogens (tertiary/aromatic N) is 4. The van der Waals surface area contributed by atoms with Gasteiger partial charge in [0.15, 0.2) is 5.65 Å². The second-order valence-corrected chi connectivity index (χ2v) is 3.35. The predicted molar refractivity (Wildman–Crippen MR) is 51.7 cm³/mol. The SMILES string of the molecule is Cc1cc2[nH]n(C)[nH]c3ncnn1c23. The molecule has 0 saturated carbocycles. The molecule has 6 nitrogen and oxygen atoms in total. The third-order valence-corrected chi connectivity index (χ3v) is 2.29. The Labute approximate surface area is 79.2 Å². The molecule has 14 heavy (non-hydrogen) atoms. The van der Waals surface area contributed by atoms with Crippen molar-refractivity contribution in [3.63, 3.8) is 0 Å². The standard InChI is InChI=1S/C8H10N6/c1-5-3-6-7-8(12-13(2)11-6)9-4-10-14(5)7/h3-4,11H,1-2H3,(H,9,10,12). The Morgan fingerprint density at radius 3 is 3.07 bits per heavy atom. The van der Waals surface area contributed by atoms with Gasteiger partial charge in [-0.05, 0) is 13.0 Å². The molecule has 0 atom stereocenters. The first kappa shape index (κ1) is 7.43. The predicted octanol–water partition coefficient (Wildman–Crippen LogP) is 0.748. The van der Waals surface area contributed by atoms with Crippen molar-refractivity contribution in [3.8, 4) is 0 Å². The molecular formula is C8H10N6. The van der Waals surface area contributed by atoms with E-state index >= 15 is 0 Å². The van der Waals surface area contributed by atoms with Crippen molar-refractivity contribution in [2.24, 2.45) is 7.05 Å². The molecule has 0 aliphatic carbocycles. The second-order valence-electron chi connectivity index (χ2n) is 3.35. The van der Waals surface area contributed by atoms with Crippen LogP contribution in [0.3, 0.4) is 0 Å². The summed E-state index contributed by atoms with van der Waals surface area (Å²) >= 11 is 0. The van der Waals surface area contributed by atoms with Gasteiger partial charge in [-0.3, -0.25) is 10.2 Å². The third-order valence-electron chi connectivity index (χ3n) is 2.29. The van der Waals surface area contributed by atoms with Crippen LogP contribution in [0.25, 0.3) is 16.7 Å². The fourth-order valence-electron chi connectivity index (χ4n) is 1.74. The quantitative estimate of drug-likeness (QED) is 0.549. The van der Waals surface area contributed by atoms with Crippen LogP contribution in [-0.4, -0.2) is 29.6 Å². The molecule has 6 heteroatoms. The number of aromatic nitrogens is 6. The summed E-state index contributed by atoms with van der Waals surface area (Å²) in [5.74, 6) is 0. The van der Waals surface area contributed by atoms with E-state index in [0.29, 0.717) is 0 Å². The Kier molecular flexibility index (Phi) is 1.21. The first-order valence-electron chi connectivity index (χ1n) is 4.36. The minimum Gasteiger partial charge on any atom is -0.282 e. The van der Waals surface area contributed by atoms with Crippen LogP contribution in [0.15, 0.2) is 12.4 Å². The third kappa shape index (κ3) is 0.795. The van der Waals surface area contributed by atoms with Crippen LogP contribution in [0.4, 0.5) is 0 Å². The second kappa shape index (κ2) is 2.28. The molecular weight excluding hydrogens is 180 g/mol. The summed E-state index contributed by atoms with van der Waals surface area (Å²) in [6.45, 7) is 2.01. The maximum atomic E-state index is 4.18. The van der Waals surface area contributed by atoms with Crippen molar-refractivity contribution in [2.75, 3.05) is 0 Å². The molecule has 0 radical (unpaired) electrons. The highest BCUT2D eigenvalue weighted by molar-refractivity contribution is 5.87. The van der Waals surface area contributed by atoms with E-state index in [-0.39, 0.29) is 0 Å². The van der Waals surface area contributed by atoms with Crippen LogP contribution in [0.1, 0.15) is 5.69 Å². The highest BCUT2D eigenvalue weighted by atomic mass is 15.5. The van der Waals surface area contributed by atoms with E-state index in [4.69, 9.17) is 0 Å². The maximum absolute atomic E-state index is 4.18. The molecule has 3 aromatic rings. The van der Waals surface area contributed by atoms with Crippen molar-refractivity contribution >= 4 is 16.7 Å². The Bertz CT molecular complexity index is 619. The zero-order valence-corrected chi connectivity index (χ0v) is 7.94. The van der Waals surface area contributed by atoms with Crippen molar-refractivity contribution < 1.29 is 0 Å². The molecule has 0 aliphatic rings. The molecule has 0 spiro atoms. The number of nitrogens with one attached hydrogen (secondary N) is 2. The number of H-pyrrole nitrogens is 2. The van der Waals surface area contributed by atoms with E-state index in [2.05, 4.69) is 20.3 Å². The fourth-order valence-corrected chi connectivity index (χ4v) is 1.74. The van der Waals surface area contributed by atoms with E-state index in [1.807, 2.05) is 24.6 Å². The molecule has 3 rings (SSSR count). The van der Waals surface area contributed by atoms with Crippen LogP contribution in [0.5, 0.6) is 0 Å². The van der Waals surface area contributed by atoms with E-state index in [1.54, 1.807) is 11.1 Å². The molecule has 3 aromatic heterocycles. The van der Waals surface area contributed by atoms with Gasteiger partial charge in [0.1, 0.15) is 11.8 Å². The van der Waals surface area contributed by atoms with E-state index in [0.717, 1.165) is 22.4 Å². The zero-order valence-electron chi connectivity index (χ0n) is 7.94. The van der Waals surface area contributed by atoms with Crippen LogP contribution in [0, 0.1) is 6.92 Å². The van der Waals surface area contributed by atoms with Gasteiger partial charge in [-0.1, -0.05) is 0 Å². The molecule has 0 fully saturated rings. The molecule has 0 unspecified atom stereocenters. The molecule has 72 valence electrons. The summed E-state index contributed by atoms with van der Waals surface area (Å²) in [5, 5.41) is 10.4. The van der Waals surface area contributed by atoms with Gasteiger partial charge >= 0.3 is 0 Å². The summed E-state index contributed by atoms with van der Waals surface area (Å²) in [6.07, 6.45) is 1.55. The largest absolute Gasteiger partial charge is 0.282 e. The molecule has 0 bridgehead atoms. The minimum absolute atomic E-state index is 0.823. The average molecular weight is 190 g/mol. The minimum atomic E-state index is 0.823. The highest BCUT2D eigenvalue weighted by Crippen LogP contribution is 2.16. The van der Waals surface area contributed by atoms with Gasteiger partial charge in [-0.25, -0.2) is 14.3 Å². The molecule has 3 heterocycles. The maximum Gasteiger partial charge on any atom is 0.175 e. The Morgan fingerprint density at radius 2 is 2.21 bits per heavy atom. The number of aryl methyl sites for hydroxylation is 2. The van der Waals surface area contributed by atoms with Crippen molar-refractivity contribution in [3.05, 3.63) is 18.1 Å². The lowest BCUT2D eigenvalue weighted by atomic mass is 10.4. The topological polar surface area (TPSA) is 66.7 Å². The molecule has 2 N–H and O–H groups in total. The summed E-state index contributed by atoms with van der Waals surface area (Å²) < 4.78 is 1.87. The lowest BCUT2D eigenvalue weighted by molar-refractivity contribution is 0.637. The van der Waals surface area contributed by atoms with Crippen molar-refractivity contribution in [2.45, 2.75) is 6.92 Å². The van der Waals surface area contributed by atoms with Gasteiger partial charge < -0.3 is 0 Å². The summed E-state index contributed by atoms with van der Waals surface area (Å²) in [6, 6.07) is 2.05. The first-order valence-corrected chi connectivity index (χ1v) is 4.36. The lowest BCUT2D eigenvalue weighted by Gasteiger charge is -2.04. The van der Waals surface area contributed by atoms with Crippen molar-refractivity contribution in [1.82, 2.24) is 29.6 Å². The summed E-state index contributed by atoms with van der Waals surface area (Å²) in [4.78, 5) is 5.94. The van der Waals surface area contributed by atoms with Crippen LogP contribution >= 0.6 is 0 Å². The Balaban J connectivity index is 2.69. The number of aromatic amines is 2. The molecule has 0 amide bonds. The smallest absolute Gasteiger partial charge is 0.175 e. The summed E-state index contributed by atoms with van der Waals surface area (Å²) in [7, 11) is 1.89. The van der Waals surface area contributed by atoms with E-state index in [1.165, 1.54) is 0 Å². The lowest BCUT2D eigenvalue weighted by Crippen LogP contribution is -2.05. The summed E-state index contributed by atoms with van der Waals surface area (Å²) in [5.41, 5.74) is 3.93. The number of rotatable bonds is 0. The molecule has 0 aliphatic heterocycles. The van der Waals surface area contributed by atoms with Crippen LogP contribution in [-0.2, 0) is 7.05 Å². The Morgan fingerprint density at radius 1 is 1.36 bits per heavy atom. The van der Waals surface area contributed by atoms with Gasteiger partial charge in [0, 0.05) is 12.7 Å². The average Bonchev–Trinajstić information content (AvgIpc) is 2.45. The van der Waals surface area contributed by atoms with Crippen LogP contribution in [0.2, 0.25) is 0 Å². The number of hydrogen-bond acceptors (Lipinski definition) is 2. The molecule has 0 aromatic carbocycles. The number of hydrogen-bond donors (Lipinski definition) is 2. The highest BCUT2D eigenvalue weighted by Gasteiger charge is 2.08. The van der Waals surface area contributed by atoms with Gasteiger partial charge in [0.25, 0.3) is 0 Å². The van der Waals surface area contributed by atoms with E-state index < -0.39 is 0 Å². The fraction of sp³-hybridized carbons (Fsp3) is 0.250. The van der Waals surface area contributed by atoms with Gasteiger partial charge in [0.2, 0.25) is 0 Å². The molecule has 0 saturated heterocycles. The van der Waals surface area contributed by atoms with Crippen molar-refractivity contribution in [1.29, 1.82) is 0 Å². The Hall–Kier alpha value is -1.98. The van der Waals surface area contributed by atoms with Crippen LogP contribution < -0.4 is 0 Å². The van der Waals surface area contributed by atoms with Gasteiger partial charge in [-0.15, -0.1) is 0 Å². The van der Waals surface area contributed by atoms with Gasteiger partial charge in [0.05, 0.1) is 5.52 Å².